The highest BCUT2D eigenvalue weighted by molar-refractivity contribution is 7.80. The second-order valence-corrected chi connectivity index (χ2v) is 7.11. The summed E-state index contributed by atoms with van der Waals surface area (Å²) in [7, 11) is 0. The summed E-state index contributed by atoms with van der Waals surface area (Å²) in [4.78, 5) is 69.9. The molecule has 0 aromatic heterocycles. The van der Waals surface area contributed by atoms with Gasteiger partial charge in [0.15, 0.2) is 0 Å². The number of hydrogen-bond acceptors (Lipinski definition) is 8. The third-order valence-corrected chi connectivity index (χ3v) is 4.23. The van der Waals surface area contributed by atoms with Crippen LogP contribution >= 0.6 is 12.6 Å². The van der Waals surface area contributed by atoms with Crippen LogP contribution in [-0.4, -0.2) is 75.7 Å². The molecule has 0 heterocycles. The highest BCUT2D eigenvalue weighted by Crippen LogP contribution is 2.02. The molecular formula is C16H27N5O8S. The summed E-state index contributed by atoms with van der Waals surface area (Å²) in [6.45, 7) is 3.40. The number of nitrogens with one attached hydrogen (secondary N) is 3. The van der Waals surface area contributed by atoms with Crippen LogP contribution in [0.3, 0.4) is 0 Å². The van der Waals surface area contributed by atoms with E-state index in [4.69, 9.17) is 21.7 Å². The van der Waals surface area contributed by atoms with Gasteiger partial charge in [0.25, 0.3) is 0 Å². The summed E-state index contributed by atoms with van der Waals surface area (Å²) in [6, 6.07) is -5.53. The average Bonchev–Trinajstić information content (AvgIpc) is 2.62. The molecule has 0 saturated carbocycles. The van der Waals surface area contributed by atoms with E-state index in [1.54, 1.807) is 13.8 Å². The Kier molecular flexibility index (Phi) is 11.4. The molecule has 170 valence electrons. The molecule has 13 nitrogen and oxygen atoms in total. The highest BCUT2D eigenvalue weighted by atomic mass is 32.1. The van der Waals surface area contributed by atoms with Crippen molar-refractivity contribution >= 4 is 48.2 Å². The molecule has 14 heteroatoms. The van der Waals surface area contributed by atoms with E-state index >= 15 is 0 Å². The first-order valence-electron chi connectivity index (χ1n) is 8.80. The molecule has 0 spiro atoms. The van der Waals surface area contributed by atoms with Gasteiger partial charge in [0.1, 0.15) is 18.1 Å². The van der Waals surface area contributed by atoms with Gasteiger partial charge >= 0.3 is 11.9 Å². The zero-order valence-electron chi connectivity index (χ0n) is 16.5. The van der Waals surface area contributed by atoms with Crippen molar-refractivity contribution in [3.05, 3.63) is 0 Å². The van der Waals surface area contributed by atoms with E-state index in [-0.39, 0.29) is 11.7 Å². The minimum absolute atomic E-state index is 0.177. The Morgan fingerprint density at radius 1 is 0.833 bits per heavy atom. The zero-order valence-corrected chi connectivity index (χ0v) is 17.3. The van der Waals surface area contributed by atoms with Crippen LogP contribution in [0.1, 0.15) is 26.7 Å². The van der Waals surface area contributed by atoms with E-state index in [0.29, 0.717) is 0 Å². The van der Waals surface area contributed by atoms with Crippen LogP contribution in [0, 0.1) is 5.92 Å². The predicted octanol–water partition coefficient (Wildman–Crippen LogP) is -3.21. The van der Waals surface area contributed by atoms with Gasteiger partial charge in [-0.3, -0.25) is 24.0 Å². The topological polar surface area (TPSA) is 231 Å². The van der Waals surface area contributed by atoms with Crippen molar-refractivity contribution in [1.82, 2.24) is 16.0 Å². The van der Waals surface area contributed by atoms with Crippen LogP contribution < -0.4 is 27.4 Å². The van der Waals surface area contributed by atoms with Gasteiger partial charge in [0, 0.05) is 5.75 Å². The van der Waals surface area contributed by atoms with Gasteiger partial charge in [-0.15, -0.1) is 0 Å². The Morgan fingerprint density at radius 2 is 1.30 bits per heavy atom. The van der Waals surface area contributed by atoms with Gasteiger partial charge in [0.2, 0.25) is 23.6 Å². The first kappa shape index (κ1) is 27.1. The van der Waals surface area contributed by atoms with Crippen LogP contribution in [0.15, 0.2) is 0 Å². The van der Waals surface area contributed by atoms with E-state index in [2.05, 4.69) is 23.3 Å². The number of aliphatic carboxylic acids is 2. The molecule has 0 aromatic rings. The molecule has 4 unspecified atom stereocenters. The zero-order chi connectivity index (χ0) is 23.6. The summed E-state index contributed by atoms with van der Waals surface area (Å²) in [5.41, 5.74) is 10.8. The minimum atomic E-state index is -1.80. The number of nitrogens with two attached hydrogens (primary N) is 2. The third-order valence-electron chi connectivity index (χ3n) is 3.87. The van der Waals surface area contributed by atoms with Gasteiger partial charge in [0.05, 0.1) is 18.9 Å². The largest absolute Gasteiger partial charge is 0.481 e. The molecule has 0 aliphatic carbocycles. The normalized spacial score (nSPS) is 14.7. The lowest BCUT2D eigenvalue weighted by molar-refractivity contribution is -0.147. The molecule has 9 N–H and O–H groups in total. The maximum atomic E-state index is 12.4. The fourth-order valence-corrected chi connectivity index (χ4v) is 2.35. The van der Waals surface area contributed by atoms with E-state index in [0.717, 1.165) is 0 Å². The molecule has 0 radical (unpaired) electrons. The number of primary amides is 1. The molecule has 0 fully saturated rings. The summed E-state index contributed by atoms with van der Waals surface area (Å²) in [5.74, 6) is -7.18. The molecule has 0 aliphatic rings. The second kappa shape index (κ2) is 12.6. The molecule has 4 amide bonds. The van der Waals surface area contributed by atoms with Crippen LogP contribution in [0.2, 0.25) is 0 Å². The first-order chi connectivity index (χ1) is 13.8. The van der Waals surface area contributed by atoms with E-state index < -0.39 is 72.6 Å². The smallest absolute Gasteiger partial charge is 0.326 e. The van der Waals surface area contributed by atoms with Crippen molar-refractivity contribution in [2.24, 2.45) is 17.4 Å². The first-order valence-corrected chi connectivity index (χ1v) is 9.43. The van der Waals surface area contributed by atoms with E-state index in [1.807, 2.05) is 5.32 Å². The minimum Gasteiger partial charge on any atom is -0.481 e. The summed E-state index contributed by atoms with van der Waals surface area (Å²) >= 11 is 3.96. The lowest BCUT2D eigenvalue weighted by atomic mass is 10.0. The molecule has 0 aromatic carbocycles. The summed E-state index contributed by atoms with van der Waals surface area (Å²) in [5, 5.41) is 24.2. The summed E-state index contributed by atoms with van der Waals surface area (Å²) in [6.07, 6.45) is -1.63. The van der Waals surface area contributed by atoms with E-state index in [1.165, 1.54) is 0 Å². The van der Waals surface area contributed by atoms with Gasteiger partial charge < -0.3 is 37.6 Å². The van der Waals surface area contributed by atoms with Crippen LogP contribution in [0.5, 0.6) is 0 Å². The standard InChI is InChI=1S/C16H27N5O8S/c1-6(2)12(18)15(27)21-9(5-30)14(26)19-7(3-10(17)22)13(25)20-8(16(28)29)4-11(23)24/h6-9,12,30H,3-5,18H2,1-2H3,(H2,17,22)(H,19,26)(H,20,25)(H,21,27)(H,23,24)(H,28,29). The lowest BCUT2D eigenvalue weighted by Crippen LogP contribution is -2.58. The monoisotopic (exact) mass is 449 g/mol. The maximum absolute atomic E-state index is 12.4. The highest BCUT2D eigenvalue weighted by Gasteiger charge is 2.31. The number of hydrogen-bond donors (Lipinski definition) is 8. The van der Waals surface area contributed by atoms with Crippen molar-refractivity contribution in [3.63, 3.8) is 0 Å². The molecule has 30 heavy (non-hydrogen) atoms. The van der Waals surface area contributed by atoms with Crippen LogP contribution in [-0.2, 0) is 28.8 Å². The molecular weight excluding hydrogens is 422 g/mol. The van der Waals surface area contributed by atoms with Gasteiger partial charge in [-0.1, -0.05) is 13.8 Å². The number of thiol groups is 1. The van der Waals surface area contributed by atoms with Crippen molar-refractivity contribution < 1.29 is 39.0 Å². The number of carbonyl (C=O) groups is 6. The van der Waals surface area contributed by atoms with Crippen molar-refractivity contribution in [3.8, 4) is 0 Å². The van der Waals surface area contributed by atoms with E-state index in [9.17, 15) is 28.8 Å². The Labute approximate surface area is 177 Å². The van der Waals surface area contributed by atoms with Gasteiger partial charge in [-0.2, -0.15) is 12.6 Å². The van der Waals surface area contributed by atoms with Crippen LogP contribution in [0.4, 0.5) is 0 Å². The quantitative estimate of drug-likeness (QED) is 0.132. The Bertz CT molecular complexity index is 687. The van der Waals surface area contributed by atoms with Gasteiger partial charge in [-0.05, 0) is 5.92 Å². The Balaban J connectivity index is 5.33. The summed E-state index contributed by atoms with van der Waals surface area (Å²) < 4.78 is 0. The molecule has 4 atom stereocenters. The van der Waals surface area contributed by atoms with Gasteiger partial charge in [-0.25, -0.2) is 4.79 Å². The second-order valence-electron chi connectivity index (χ2n) is 6.74. The van der Waals surface area contributed by atoms with Crippen molar-refractivity contribution in [2.75, 3.05) is 5.75 Å². The van der Waals surface area contributed by atoms with Crippen molar-refractivity contribution in [2.45, 2.75) is 50.9 Å². The molecule has 0 aliphatic heterocycles. The van der Waals surface area contributed by atoms with Crippen LogP contribution in [0.25, 0.3) is 0 Å². The van der Waals surface area contributed by atoms with Crippen molar-refractivity contribution in [1.29, 1.82) is 0 Å². The molecule has 0 rings (SSSR count). The lowest BCUT2D eigenvalue weighted by Gasteiger charge is -2.24. The number of amides is 4. The predicted molar refractivity (Wildman–Crippen MR) is 106 cm³/mol. The number of rotatable bonds is 13. The average molecular weight is 449 g/mol. The number of carbonyl (C=O) groups excluding carboxylic acids is 4. The number of carboxylic acids is 2. The molecule has 0 bridgehead atoms. The Morgan fingerprint density at radius 3 is 1.70 bits per heavy atom. The Hall–Kier alpha value is -2.87. The fraction of sp³-hybridized carbons (Fsp3) is 0.625. The SMILES string of the molecule is CC(C)C(N)C(=O)NC(CS)C(=O)NC(CC(N)=O)C(=O)NC(CC(=O)O)C(=O)O. The number of carboxylic acid groups (broad SMARTS) is 2. The maximum Gasteiger partial charge on any atom is 0.326 e. The third kappa shape index (κ3) is 9.56. The fourth-order valence-electron chi connectivity index (χ4n) is 2.09. The molecule has 0 saturated heterocycles.